The number of nitrogens with one attached hydrogen (secondary N) is 2. The third-order valence-electron chi connectivity index (χ3n) is 4.35. The summed E-state index contributed by atoms with van der Waals surface area (Å²) in [6, 6.07) is 7.43. The molecule has 146 valence electrons. The van der Waals surface area contributed by atoms with Gasteiger partial charge in [-0.05, 0) is 41.1 Å². The molecular weight excluding hydrogens is 380 g/mol. The Morgan fingerprint density at radius 3 is 2.71 bits per heavy atom. The number of hydrogen-bond donors (Lipinski definition) is 2. The van der Waals surface area contributed by atoms with Crippen molar-refractivity contribution in [1.82, 2.24) is 5.32 Å². The van der Waals surface area contributed by atoms with E-state index >= 15 is 0 Å². The van der Waals surface area contributed by atoms with Gasteiger partial charge in [-0.25, -0.2) is 4.79 Å². The number of rotatable bonds is 7. The van der Waals surface area contributed by atoms with E-state index in [0.717, 1.165) is 5.56 Å². The zero-order chi connectivity index (χ0) is 20.3. The Labute approximate surface area is 166 Å². The summed E-state index contributed by atoms with van der Waals surface area (Å²) in [6.07, 6.45) is 0.223. The Kier molecular flexibility index (Phi) is 5.89. The maximum absolute atomic E-state index is 12.4. The number of fused-ring (bicyclic) bond motifs is 1. The van der Waals surface area contributed by atoms with Gasteiger partial charge in [0.2, 0.25) is 5.91 Å². The molecule has 0 bridgehead atoms. The van der Waals surface area contributed by atoms with Gasteiger partial charge in [0.25, 0.3) is 5.91 Å². The molecule has 7 nitrogen and oxygen atoms in total. The highest BCUT2D eigenvalue weighted by molar-refractivity contribution is 7.12. The smallest absolute Gasteiger partial charge is 0.329 e. The Morgan fingerprint density at radius 2 is 2.04 bits per heavy atom. The van der Waals surface area contributed by atoms with Gasteiger partial charge in [0.1, 0.15) is 6.04 Å². The lowest BCUT2D eigenvalue weighted by atomic mass is 10.0. The van der Waals surface area contributed by atoms with E-state index in [1.54, 1.807) is 49.6 Å². The van der Waals surface area contributed by atoms with Crippen LogP contribution in [0.4, 0.5) is 5.69 Å². The first-order valence-corrected chi connectivity index (χ1v) is 9.70. The number of hydrogen-bond acceptors (Lipinski definition) is 6. The van der Waals surface area contributed by atoms with Gasteiger partial charge in [0.05, 0.1) is 11.3 Å². The maximum Gasteiger partial charge on any atom is 0.329 e. The summed E-state index contributed by atoms with van der Waals surface area (Å²) in [4.78, 5) is 48.9. The fourth-order valence-corrected chi connectivity index (χ4v) is 3.46. The first kappa shape index (κ1) is 19.8. The Bertz CT molecular complexity index is 921. The van der Waals surface area contributed by atoms with Crippen molar-refractivity contribution in [1.29, 1.82) is 0 Å². The molecule has 8 heteroatoms. The van der Waals surface area contributed by atoms with E-state index in [-0.39, 0.29) is 29.9 Å². The van der Waals surface area contributed by atoms with Crippen LogP contribution in [0.3, 0.4) is 0 Å². The molecule has 2 N–H and O–H groups in total. The molecule has 2 aromatic rings. The minimum atomic E-state index is -0.857. The van der Waals surface area contributed by atoms with Crippen LogP contribution in [0.5, 0.6) is 0 Å². The van der Waals surface area contributed by atoms with E-state index in [2.05, 4.69) is 10.6 Å². The lowest BCUT2D eigenvalue weighted by Gasteiger charge is -2.20. The summed E-state index contributed by atoms with van der Waals surface area (Å²) < 4.78 is 5.16. The quantitative estimate of drug-likeness (QED) is 0.549. The number of Topliss-reactive ketones (excluding diaryl/α,β-unsaturated/α-hetero) is 1. The largest absolute Gasteiger partial charge is 0.456 e. The summed E-state index contributed by atoms with van der Waals surface area (Å²) in [7, 11) is 0. The number of ketones is 1. The molecule has 0 aliphatic carbocycles. The zero-order valence-electron chi connectivity index (χ0n) is 15.5. The van der Waals surface area contributed by atoms with E-state index in [1.807, 2.05) is 0 Å². The number of carbonyl (C=O) groups excluding carboxylic acids is 4. The monoisotopic (exact) mass is 400 g/mol. The van der Waals surface area contributed by atoms with Crippen LogP contribution < -0.4 is 10.6 Å². The molecule has 0 unspecified atom stereocenters. The standard InChI is InChI=1S/C20H20N2O5S/c1-11(2)18(22-19(25)16-4-3-7-28-16)20(26)27-10-15(23)12-5-6-14-13(8-12)9-17(24)21-14/h3-8,11,18H,9-10H2,1-2H3,(H,21,24)(H,22,25)/t18-/m1/s1. The summed E-state index contributed by atoms with van der Waals surface area (Å²) in [6.45, 7) is 3.14. The van der Waals surface area contributed by atoms with Crippen LogP contribution in [-0.2, 0) is 20.7 Å². The Morgan fingerprint density at radius 1 is 1.25 bits per heavy atom. The second-order valence-corrected chi connectivity index (χ2v) is 7.75. The molecule has 1 atom stereocenters. The van der Waals surface area contributed by atoms with Gasteiger partial charge in [0.15, 0.2) is 12.4 Å². The van der Waals surface area contributed by atoms with Crippen LogP contribution in [0, 0.1) is 5.92 Å². The molecule has 2 heterocycles. The van der Waals surface area contributed by atoms with Crippen LogP contribution in [0.15, 0.2) is 35.7 Å². The van der Waals surface area contributed by atoms with Gasteiger partial charge in [-0.3, -0.25) is 14.4 Å². The molecule has 0 fully saturated rings. The molecule has 28 heavy (non-hydrogen) atoms. The molecule has 0 spiro atoms. The van der Waals surface area contributed by atoms with Crippen LogP contribution in [0.25, 0.3) is 0 Å². The van der Waals surface area contributed by atoms with Crippen LogP contribution >= 0.6 is 11.3 Å². The van der Waals surface area contributed by atoms with Crippen molar-refractivity contribution in [2.75, 3.05) is 11.9 Å². The van der Waals surface area contributed by atoms with Crippen LogP contribution in [-0.4, -0.2) is 36.2 Å². The average Bonchev–Trinajstić information content (AvgIpc) is 3.31. The third kappa shape index (κ3) is 4.45. The fraction of sp³-hybridized carbons (Fsp3) is 0.300. The van der Waals surface area contributed by atoms with E-state index in [1.165, 1.54) is 11.3 Å². The minimum Gasteiger partial charge on any atom is -0.456 e. The lowest BCUT2D eigenvalue weighted by Crippen LogP contribution is -2.45. The van der Waals surface area contributed by atoms with Gasteiger partial charge >= 0.3 is 5.97 Å². The van der Waals surface area contributed by atoms with Gasteiger partial charge in [-0.1, -0.05) is 19.9 Å². The normalized spacial score (nSPS) is 13.6. The van der Waals surface area contributed by atoms with E-state index in [0.29, 0.717) is 16.1 Å². The van der Waals surface area contributed by atoms with E-state index < -0.39 is 18.6 Å². The SMILES string of the molecule is CC(C)[C@@H](NC(=O)c1cccs1)C(=O)OCC(=O)c1ccc2c(c1)CC(=O)N2. The van der Waals surface area contributed by atoms with Crippen molar-refractivity contribution in [3.8, 4) is 0 Å². The highest BCUT2D eigenvalue weighted by Crippen LogP contribution is 2.24. The highest BCUT2D eigenvalue weighted by Gasteiger charge is 2.27. The summed E-state index contributed by atoms with van der Waals surface area (Å²) >= 11 is 1.27. The van der Waals surface area contributed by atoms with Crippen molar-refractivity contribution in [2.24, 2.45) is 5.92 Å². The second kappa shape index (κ2) is 8.35. The number of carbonyl (C=O) groups is 4. The number of ether oxygens (including phenoxy) is 1. The molecule has 3 rings (SSSR count). The van der Waals surface area contributed by atoms with Gasteiger partial charge in [-0.15, -0.1) is 11.3 Å². The number of thiophene rings is 1. The summed E-state index contributed by atoms with van der Waals surface area (Å²) in [5.74, 6) is -1.71. The van der Waals surface area contributed by atoms with Crippen molar-refractivity contribution in [3.63, 3.8) is 0 Å². The topological polar surface area (TPSA) is 102 Å². The number of amides is 2. The molecule has 1 aliphatic heterocycles. The van der Waals surface area contributed by atoms with E-state index in [9.17, 15) is 19.2 Å². The van der Waals surface area contributed by atoms with Gasteiger partial charge in [-0.2, -0.15) is 0 Å². The second-order valence-electron chi connectivity index (χ2n) is 6.80. The summed E-state index contributed by atoms with van der Waals surface area (Å²) in [5.41, 5.74) is 1.80. The molecule has 0 saturated carbocycles. The average molecular weight is 400 g/mol. The van der Waals surface area contributed by atoms with Gasteiger partial charge < -0.3 is 15.4 Å². The molecule has 0 saturated heterocycles. The van der Waals surface area contributed by atoms with Crippen LogP contribution in [0.2, 0.25) is 0 Å². The Balaban J connectivity index is 1.60. The minimum absolute atomic E-state index is 0.118. The fourth-order valence-electron chi connectivity index (χ4n) is 2.83. The highest BCUT2D eigenvalue weighted by atomic mass is 32.1. The lowest BCUT2D eigenvalue weighted by molar-refractivity contribution is -0.146. The number of esters is 1. The molecule has 1 aliphatic rings. The zero-order valence-corrected chi connectivity index (χ0v) is 16.3. The third-order valence-corrected chi connectivity index (χ3v) is 5.22. The maximum atomic E-state index is 12.4. The molecular formula is C20H20N2O5S. The van der Waals surface area contributed by atoms with Gasteiger partial charge in [0, 0.05) is 11.3 Å². The van der Waals surface area contributed by atoms with Crippen molar-refractivity contribution in [3.05, 3.63) is 51.7 Å². The van der Waals surface area contributed by atoms with Crippen molar-refractivity contribution in [2.45, 2.75) is 26.3 Å². The number of benzene rings is 1. The molecule has 2 amide bonds. The van der Waals surface area contributed by atoms with Crippen LogP contribution in [0.1, 0.15) is 39.4 Å². The van der Waals surface area contributed by atoms with Crippen molar-refractivity contribution >= 4 is 40.6 Å². The van der Waals surface area contributed by atoms with E-state index in [4.69, 9.17) is 4.74 Å². The molecule has 1 aromatic heterocycles. The number of anilines is 1. The Hall–Kier alpha value is -3.00. The summed E-state index contributed by atoms with van der Waals surface area (Å²) in [5, 5.41) is 7.13. The first-order valence-electron chi connectivity index (χ1n) is 8.82. The van der Waals surface area contributed by atoms with Crippen molar-refractivity contribution < 1.29 is 23.9 Å². The molecule has 0 radical (unpaired) electrons. The molecule has 1 aromatic carbocycles. The first-order chi connectivity index (χ1) is 13.3. The predicted molar refractivity (Wildman–Crippen MR) is 104 cm³/mol. The predicted octanol–water partition coefficient (Wildman–Crippen LogP) is 2.42.